The number of aryl methyl sites for hydroxylation is 1. The van der Waals surface area contributed by atoms with E-state index in [0.717, 1.165) is 10.6 Å². The Morgan fingerprint density at radius 2 is 2.00 bits per heavy atom. The standard InChI is InChI=1S/C19H16Cl2FN3OS/c1-11-8-18(23-19(26)13-9-12(27-2)6-7-16(13)21)24-25(11)10-14-15(20)4-3-5-17(14)22/h3-9H,10H2,1-2H3,(H,23,24,26). The third kappa shape index (κ3) is 4.46. The Morgan fingerprint density at radius 3 is 2.70 bits per heavy atom. The van der Waals surface area contributed by atoms with E-state index in [9.17, 15) is 9.18 Å². The first-order chi connectivity index (χ1) is 12.9. The predicted octanol–water partition coefficient (Wildman–Crippen LogP) is 5.66. The zero-order chi connectivity index (χ0) is 19.6. The number of hydrogen-bond donors (Lipinski definition) is 1. The van der Waals surface area contributed by atoms with Crippen LogP contribution in [0.4, 0.5) is 10.2 Å². The van der Waals surface area contributed by atoms with E-state index < -0.39 is 5.82 Å². The lowest BCUT2D eigenvalue weighted by Crippen LogP contribution is -2.14. The lowest BCUT2D eigenvalue weighted by molar-refractivity contribution is 0.102. The number of aromatic nitrogens is 2. The third-order valence-corrected chi connectivity index (χ3v) is 5.42. The van der Waals surface area contributed by atoms with Crippen LogP contribution in [0.3, 0.4) is 0 Å². The van der Waals surface area contributed by atoms with Crippen molar-refractivity contribution in [2.45, 2.75) is 18.4 Å². The summed E-state index contributed by atoms with van der Waals surface area (Å²) in [5.41, 5.74) is 1.47. The van der Waals surface area contributed by atoms with Crippen LogP contribution < -0.4 is 5.32 Å². The topological polar surface area (TPSA) is 46.9 Å². The monoisotopic (exact) mass is 423 g/mol. The molecule has 0 aliphatic carbocycles. The number of benzene rings is 2. The maximum absolute atomic E-state index is 14.0. The fraction of sp³-hybridized carbons (Fsp3) is 0.158. The van der Waals surface area contributed by atoms with Crippen molar-refractivity contribution in [1.82, 2.24) is 9.78 Å². The number of nitrogens with zero attached hydrogens (tertiary/aromatic N) is 2. The van der Waals surface area contributed by atoms with Crippen LogP contribution in [0.1, 0.15) is 21.6 Å². The number of thioether (sulfide) groups is 1. The molecule has 0 spiro atoms. The number of hydrogen-bond acceptors (Lipinski definition) is 3. The molecule has 4 nitrogen and oxygen atoms in total. The largest absolute Gasteiger partial charge is 0.305 e. The molecule has 1 amide bonds. The molecule has 0 saturated carbocycles. The van der Waals surface area contributed by atoms with Crippen LogP contribution in [0.15, 0.2) is 47.4 Å². The van der Waals surface area contributed by atoms with Crippen molar-refractivity contribution in [3.05, 3.63) is 75.1 Å². The first-order valence-corrected chi connectivity index (χ1v) is 9.99. The molecule has 1 N–H and O–H groups in total. The van der Waals surface area contributed by atoms with Crippen molar-refractivity contribution in [2.75, 3.05) is 11.6 Å². The molecule has 3 aromatic rings. The molecule has 0 bridgehead atoms. The molecule has 1 aromatic heterocycles. The van der Waals surface area contributed by atoms with E-state index in [0.29, 0.717) is 27.0 Å². The second-order valence-electron chi connectivity index (χ2n) is 5.83. The first kappa shape index (κ1) is 19.7. The van der Waals surface area contributed by atoms with Crippen molar-refractivity contribution >= 4 is 46.7 Å². The Labute approximate surface area is 170 Å². The molecule has 140 valence electrons. The second kappa shape index (κ2) is 8.33. The molecule has 27 heavy (non-hydrogen) atoms. The van der Waals surface area contributed by atoms with Crippen LogP contribution in [0.2, 0.25) is 10.0 Å². The summed E-state index contributed by atoms with van der Waals surface area (Å²) in [6.07, 6.45) is 1.92. The van der Waals surface area contributed by atoms with Gasteiger partial charge in [-0.3, -0.25) is 9.48 Å². The molecule has 1 heterocycles. The van der Waals surface area contributed by atoms with Gasteiger partial charge in [-0.2, -0.15) is 5.10 Å². The highest BCUT2D eigenvalue weighted by atomic mass is 35.5. The van der Waals surface area contributed by atoms with Crippen molar-refractivity contribution in [1.29, 1.82) is 0 Å². The zero-order valence-electron chi connectivity index (χ0n) is 14.6. The highest BCUT2D eigenvalue weighted by molar-refractivity contribution is 7.98. The van der Waals surface area contributed by atoms with Gasteiger partial charge in [0.1, 0.15) is 5.82 Å². The fourth-order valence-electron chi connectivity index (χ4n) is 2.55. The molecular weight excluding hydrogens is 408 g/mol. The maximum atomic E-state index is 14.0. The number of halogens is 3. The molecule has 8 heteroatoms. The molecule has 0 saturated heterocycles. The summed E-state index contributed by atoms with van der Waals surface area (Å²) < 4.78 is 15.6. The Morgan fingerprint density at radius 1 is 1.22 bits per heavy atom. The van der Waals surface area contributed by atoms with Gasteiger partial charge in [0.2, 0.25) is 0 Å². The van der Waals surface area contributed by atoms with Gasteiger partial charge in [0.25, 0.3) is 5.91 Å². The van der Waals surface area contributed by atoms with E-state index in [1.807, 2.05) is 19.2 Å². The first-order valence-electron chi connectivity index (χ1n) is 8.01. The molecule has 0 aliphatic rings. The van der Waals surface area contributed by atoms with Crippen LogP contribution in [-0.2, 0) is 6.54 Å². The van der Waals surface area contributed by atoms with E-state index in [2.05, 4.69) is 10.4 Å². The van der Waals surface area contributed by atoms with E-state index in [4.69, 9.17) is 23.2 Å². The molecular formula is C19H16Cl2FN3OS. The van der Waals surface area contributed by atoms with Gasteiger partial charge in [0, 0.05) is 27.2 Å². The molecule has 2 aromatic carbocycles. The normalized spacial score (nSPS) is 10.9. The Balaban J connectivity index is 1.82. The average molecular weight is 424 g/mol. The summed E-state index contributed by atoms with van der Waals surface area (Å²) in [6.45, 7) is 1.98. The molecule has 3 rings (SSSR count). The summed E-state index contributed by atoms with van der Waals surface area (Å²) in [7, 11) is 0. The molecule has 0 atom stereocenters. The van der Waals surface area contributed by atoms with Gasteiger partial charge in [0.15, 0.2) is 5.82 Å². The number of anilines is 1. The van der Waals surface area contributed by atoms with Gasteiger partial charge >= 0.3 is 0 Å². The van der Waals surface area contributed by atoms with Crippen LogP contribution in [-0.4, -0.2) is 21.9 Å². The van der Waals surface area contributed by atoms with Crippen molar-refractivity contribution in [3.8, 4) is 0 Å². The summed E-state index contributed by atoms with van der Waals surface area (Å²) in [5.74, 6) is -0.399. The van der Waals surface area contributed by atoms with E-state index in [1.165, 1.54) is 17.8 Å². The number of carbonyl (C=O) groups is 1. The van der Waals surface area contributed by atoms with E-state index >= 15 is 0 Å². The minimum Gasteiger partial charge on any atom is -0.305 e. The van der Waals surface area contributed by atoms with E-state index in [-0.39, 0.29) is 12.5 Å². The van der Waals surface area contributed by atoms with Gasteiger partial charge in [-0.15, -0.1) is 11.8 Å². The van der Waals surface area contributed by atoms with Gasteiger partial charge < -0.3 is 5.32 Å². The molecule has 0 aliphatic heterocycles. The predicted molar refractivity (Wildman–Crippen MR) is 109 cm³/mol. The summed E-state index contributed by atoms with van der Waals surface area (Å²) in [5, 5.41) is 7.76. The summed E-state index contributed by atoms with van der Waals surface area (Å²) in [6, 6.07) is 11.5. The summed E-state index contributed by atoms with van der Waals surface area (Å²) in [4.78, 5) is 13.5. The minimum absolute atomic E-state index is 0.163. The molecule has 0 radical (unpaired) electrons. The second-order valence-corrected chi connectivity index (χ2v) is 7.52. The quantitative estimate of drug-likeness (QED) is 0.538. The Bertz CT molecular complexity index is 986. The maximum Gasteiger partial charge on any atom is 0.258 e. The van der Waals surface area contributed by atoms with Crippen molar-refractivity contribution in [2.24, 2.45) is 0 Å². The van der Waals surface area contributed by atoms with Crippen LogP contribution in [0.25, 0.3) is 0 Å². The number of nitrogens with one attached hydrogen (secondary N) is 1. The zero-order valence-corrected chi connectivity index (χ0v) is 16.9. The number of rotatable bonds is 5. The Kier molecular flexibility index (Phi) is 6.09. The van der Waals surface area contributed by atoms with Gasteiger partial charge in [0.05, 0.1) is 17.1 Å². The highest BCUT2D eigenvalue weighted by Gasteiger charge is 2.15. The summed E-state index contributed by atoms with van der Waals surface area (Å²) >= 11 is 13.7. The Hall–Kier alpha value is -2.02. The van der Waals surface area contributed by atoms with Crippen LogP contribution in [0, 0.1) is 12.7 Å². The molecule has 0 fully saturated rings. The minimum atomic E-state index is -0.399. The van der Waals surface area contributed by atoms with Gasteiger partial charge in [-0.1, -0.05) is 29.3 Å². The lowest BCUT2D eigenvalue weighted by atomic mass is 10.2. The fourth-order valence-corrected chi connectivity index (χ4v) is 3.42. The smallest absolute Gasteiger partial charge is 0.258 e. The SMILES string of the molecule is CSc1ccc(Cl)c(C(=O)Nc2cc(C)n(Cc3c(F)cccc3Cl)n2)c1. The van der Waals surface area contributed by atoms with Crippen molar-refractivity contribution < 1.29 is 9.18 Å². The van der Waals surface area contributed by atoms with Crippen LogP contribution >= 0.6 is 35.0 Å². The van der Waals surface area contributed by atoms with Gasteiger partial charge in [-0.05, 0) is 43.5 Å². The highest BCUT2D eigenvalue weighted by Crippen LogP contribution is 2.25. The number of carbonyl (C=O) groups excluding carboxylic acids is 1. The van der Waals surface area contributed by atoms with Crippen molar-refractivity contribution in [3.63, 3.8) is 0 Å². The lowest BCUT2D eigenvalue weighted by Gasteiger charge is -2.08. The van der Waals surface area contributed by atoms with E-state index in [1.54, 1.807) is 35.0 Å². The van der Waals surface area contributed by atoms with Crippen LogP contribution in [0.5, 0.6) is 0 Å². The molecule has 0 unspecified atom stereocenters. The third-order valence-electron chi connectivity index (χ3n) is 4.01. The average Bonchev–Trinajstić information content (AvgIpc) is 2.97. The van der Waals surface area contributed by atoms with Gasteiger partial charge in [-0.25, -0.2) is 4.39 Å². The number of amides is 1.